The Kier molecular flexibility index (Phi) is 5.20. The third-order valence-corrected chi connectivity index (χ3v) is 5.91. The van der Waals surface area contributed by atoms with Gasteiger partial charge in [-0.15, -0.1) is 0 Å². The molecule has 2 atom stereocenters. The predicted octanol–water partition coefficient (Wildman–Crippen LogP) is 3.21. The Morgan fingerprint density at radius 2 is 1.88 bits per heavy atom. The molecule has 1 saturated heterocycles. The van der Waals surface area contributed by atoms with Crippen molar-refractivity contribution in [2.45, 2.75) is 51.8 Å². The number of ether oxygens (including phenoxy) is 1. The number of benzene rings is 2. The fourth-order valence-electron chi connectivity index (χ4n) is 4.29. The molecule has 1 aromatic heterocycles. The summed E-state index contributed by atoms with van der Waals surface area (Å²) in [6, 6.07) is 12.3. The van der Waals surface area contributed by atoms with Gasteiger partial charge in [-0.1, -0.05) is 19.1 Å². The molecule has 9 heteroatoms. The molecule has 1 aliphatic heterocycles. The summed E-state index contributed by atoms with van der Waals surface area (Å²) >= 11 is 0. The molecular formula is C23H24N4O5. The third kappa shape index (κ3) is 3.49. The van der Waals surface area contributed by atoms with Crippen molar-refractivity contribution >= 4 is 22.6 Å². The van der Waals surface area contributed by atoms with Crippen molar-refractivity contribution in [3.63, 3.8) is 0 Å². The minimum absolute atomic E-state index is 0.0978. The van der Waals surface area contributed by atoms with E-state index in [1.165, 1.54) is 24.3 Å². The van der Waals surface area contributed by atoms with Gasteiger partial charge in [0.25, 0.3) is 11.2 Å². The van der Waals surface area contributed by atoms with Crippen LogP contribution in [0, 0.1) is 10.1 Å². The second-order valence-electron chi connectivity index (χ2n) is 8.37. The standard InChI is InChI=1S/C23H24N4O5/c1-5-19-24-18-9-7-6-8-17(18)21(28)25(19)26-20(23(26,3)4)14(2)32-22(29)15-10-12-16(13-11-15)27(30)31/h6-14,20H,5H2,1-4H3/t14-,20+,26?/m0/s1. The van der Waals surface area contributed by atoms with Crippen LogP contribution in [0.2, 0.25) is 0 Å². The molecule has 0 amide bonds. The topological polar surface area (TPSA) is 107 Å². The Balaban J connectivity index is 1.61. The van der Waals surface area contributed by atoms with E-state index in [1.54, 1.807) is 23.7 Å². The zero-order valence-corrected chi connectivity index (χ0v) is 18.3. The lowest BCUT2D eigenvalue weighted by atomic mass is 10.1. The summed E-state index contributed by atoms with van der Waals surface area (Å²) in [5.74, 6) is 0.0629. The monoisotopic (exact) mass is 436 g/mol. The van der Waals surface area contributed by atoms with E-state index < -0.39 is 22.5 Å². The van der Waals surface area contributed by atoms with Gasteiger partial charge in [0.15, 0.2) is 0 Å². The maximum Gasteiger partial charge on any atom is 0.338 e. The SMILES string of the molecule is CCc1nc2ccccc2c(=O)n1N1[C@H]([C@H](C)OC(=O)c2ccc([N+](=O)[O-])cc2)C1(C)C. The Morgan fingerprint density at radius 3 is 2.50 bits per heavy atom. The van der Waals surface area contributed by atoms with Gasteiger partial charge in [0.1, 0.15) is 18.0 Å². The molecule has 0 unspecified atom stereocenters. The number of para-hydroxylation sites is 1. The Morgan fingerprint density at radius 1 is 1.22 bits per heavy atom. The minimum Gasteiger partial charge on any atom is -0.457 e. The molecule has 4 rings (SSSR count). The van der Waals surface area contributed by atoms with Gasteiger partial charge in [-0.2, -0.15) is 0 Å². The number of hydrogen-bond donors (Lipinski definition) is 0. The molecule has 0 radical (unpaired) electrons. The number of fused-ring (bicyclic) bond motifs is 1. The van der Waals surface area contributed by atoms with Crippen LogP contribution in [0.5, 0.6) is 0 Å². The van der Waals surface area contributed by atoms with Crippen LogP contribution in [0.25, 0.3) is 10.9 Å². The largest absolute Gasteiger partial charge is 0.457 e. The third-order valence-electron chi connectivity index (χ3n) is 5.91. The highest BCUT2D eigenvalue weighted by Gasteiger charge is 2.61. The molecule has 0 saturated carbocycles. The van der Waals surface area contributed by atoms with Gasteiger partial charge in [0.2, 0.25) is 0 Å². The van der Waals surface area contributed by atoms with Crippen LogP contribution in [0.4, 0.5) is 5.69 Å². The second kappa shape index (κ2) is 7.74. The minimum atomic E-state index is -0.574. The molecule has 32 heavy (non-hydrogen) atoms. The Labute approximate surface area is 184 Å². The number of aryl methyl sites for hydroxylation is 1. The van der Waals surface area contributed by atoms with E-state index in [0.29, 0.717) is 23.1 Å². The quantitative estimate of drug-likeness (QED) is 0.253. The van der Waals surface area contributed by atoms with Crippen LogP contribution < -0.4 is 10.6 Å². The summed E-state index contributed by atoms with van der Waals surface area (Å²) in [5, 5.41) is 13.2. The van der Waals surface area contributed by atoms with Crippen LogP contribution in [-0.2, 0) is 11.2 Å². The van der Waals surface area contributed by atoms with Crippen LogP contribution in [0.1, 0.15) is 43.9 Å². The number of esters is 1. The molecule has 0 aliphatic carbocycles. The summed E-state index contributed by atoms with van der Waals surface area (Å²) in [4.78, 5) is 40.8. The average molecular weight is 436 g/mol. The van der Waals surface area contributed by atoms with E-state index in [9.17, 15) is 19.7 Å². The van der Waals surface area contributed by atoms with E-state index in [1.807, 2.05) is 37.9 Å². The fraction of sp³-hybridized carbons (Fsp3) is 0.348. The van der Waals surface area contributed by atoms with Gasteiger partial charge in [-0.3, -0.25) is 19.9 Å². The number of nitro benzene ring substituents is 1. The lowest BCUT2D eigenvalue weighted by Crippen LogP contribution is -2.37. The first-order chi connectivity index (χ1) is 15.2. The van der Waals surface area contributed by atoms with Crippen molar-refractivity contribution in [2.75, 3.05) is 5.01 Å². The first kappa shape index (κ1) is 21.5. The molecule has 1 fully saturated rings. The normalized spacial score (nSPS) is 17.8. The Hall–Kier alpha value is -3.75. The van der Waals surface area contributed by atoms with E-state index in [2.05, 4.69) is 4.98 Å². The van der Waals surface area contributed by atoms with E-state index in [-0.39, 0.29) is 22.9 Å². The summed E-state index contributed by atoms with van der Waals surface area (Å²) in [6.07, 6.45) is 0.0341. The molecule has 0 spiro atoms. The van der Waals surface area contributed by atoms with Crippen LogP contribution in [0.15, 0.2) is 53.3 Å². The van der Waals surface area contributed by atoms with Crippen LogP contribution in [0.3, 0.4) is 0 Å². The molecule has 0 N–H and O–H groups in total. The van der Waals surface area contributed by atoms with Gasteiger partial charge < -0.3 is 4.74 Å². The van der Waals surface area contributed by atoms with Crippen LogP contribution >= 0.6 is 0 Å². The highest BCUT2D eigenvalue weighted by Crippen LogP contribution is 2.41. The van der Waals surface area contributed by atoms with Crippen molar-refractivity contribution in [1.82, 2.24) is 9.66 Å². The maximum atomic E-state index is 13.3. The number of hydrogen-bond acceptors (Lipinski definition) is 7. The number of nitrogens with zero attached hydrogens (tertiary/aromatic N) is 4. The van der Waals surface area contributed by atoms with Gasteiger partial charge in [-0.25, -0.2) is 14.5 Å². The first-order valence-corrected chi connectivity index (χ1v) is 10.4. The highest BCUT2D eigenvalue weighted by molar-refractivity contribution is 5.89. The van der Waals surface area contributed by atoms with Crippen molar-refractivity contribution in [1.29, 1.82) is 0 Å². The molecule has 0 bridgehead atoms. The summed E-state index contributed by atoms with van der Waals surface area (Å²) < 4.78 is 7.26. The predicted molar refractivity (Wildman–Crippen MR) is 119 cm³/mol. The summed E-state index contributed by atoms with van der Waals surface area (Å²) in [5.41, 5.74) is 0.189. The molecule has 166 valence electrons. The second-order valence-corrected chi connectivity index (χ2v) is 8.37. The summed E-state index contributed by atoms with van der Waals surface area (Å²) in [7, 11) is 0. The Bertz CT molecular complexity index is 1270. The lowest BCUT2D eigenvalue weighted by molar-refractivity contribution is -0.384. The van der Waals surface area contributed by atoms with E-state index >= 15 is 0 Å². The maximum absolute atomic E-state index is 13.3. The first-order valence-electron chi connectivity index (χ1n) is 10.4. The van der Waals surface area contributed by atoms with Gasteiger partial charge >= 0.3 is 5.97 Å². The number of nitro groups is 1. The number of non-ortho nitro benzene ring substituents is 1. The van der Waals surface area contributed by atoms with Crippen molar-refractivity contribution in [3.05, 3.63) is 80.4 Å². The fourth-order valence-corrected chi connectivity index (χ4v) is 4.29. The van der Waals surface area contributed by atoms with Gasteiger partial charge in [-0.05, 0) is 45.0 Å². The van der Waals surface area contributed by atoms with Gasteiger partial charge in [0.05, 0.1) is 26.9 Å². The van der Waals surface area contributed by atoms with Crippen molar-refractivity contribution in [2.24, 2.45) is 0 Å². The number of aromatic nitrogens is 2. The highest BCUT2D eigenvalue weighted by atomic mass is 16.6. The summed E-state index contributed by atoms with van der Waals surface area (Å²) in [6.45, 7) is 7.68. The van der Waals surface area contributed by atoms with E-state index in [0.717, 1.165) is 0 Å². The number of carbonyl (C=O) groups excluding carboxylic acids is 1. The van der Waals surface area contributed by atoms with Gasteiger partial charge in [0, 0.05) is 18.6 Å². The average Bonchev–Trinajstić information content (AvgIpc) is 3.34. The molecule has 2 aromatic carbocycles. The molecule has 9 nitrogen and oxygen atoms in total. The zero-order chi connectivity index (χ0) is 23.2. The zero-order valence-electron chi connectivity index (χ0n) is 18.3. The van der Waals surface area contributed by atoms with Crippen molar-refractivity contribution in [3.8, 4) is 0 Å². The molecule has 2 heterocycles. The van der Waals surface area contributed by atoms with Crippen molar-refractivity contribution < 1.29 is 14.5 Å². The number of carbonyl (C=O) groups is 1. The smallest absolute Gasteiger partial charge is 0.338 e. The van der Waals surface area contributed by atoms with Crippen LogP contribution in [-0.4, -0.2) is 38.2 Å². The van der Waals surface area contributed by atoms with E-state index in [4.69, 9.17) is 4.74 Å². The molecular weight excluding hydrogens is 412 g/mol. The lowest BCUT2D eigenvalue weighted by Gasteiger charge is -2.18. The number of rotatable bonds is 6. The molecule has 3 aromatic rings. The molecule has 1 aliphatic rings.